The van der Waals surface area contributed by atoms with E-state index in [4.69, 9.17) is 16.0 Å². The number of nitrogens with two attached hydrogens (primary N) is 1. The smallest absolute Gasteiger partial charge is 0.249 e. The number of azide groups is 1. The molecule has 0 spiro atoms. The van der Waals surface area contributed by atoms with Crippen LogP contribution in [0.15, 0.2) is 65.8 Å². The molecule has 0 bridgehead atoms. The maximum atomic E-state index is 12.0. The molecule has 0 heterocycles. The molecule has 3 rings (SSSR count). The van der Waals surface area contributed by atoms with E-state index in [1.165, 1.54) is 0 Å². The number of hydrogen-bond donors (Lipinski definition) is 1. The van der Waals surface area contributed by atoms with Gasteiger partial charge in [-0.05, 0) is 45.6 Å². The molecule has 6 heteroatoms. The third kappa shape index (κ3) is 3.54. The van der Waals surface area contributed by atoms with E-state index in [0.29, 0.717) is 11.3 Å². The molecule has 0 atom stereocenters. The average Bonchev–Trinajstić information content (AvgIpc) is 2.64. The van der Waals surface area contributed by atoms with Crippen LogP contribution in [0.4, 0.5) is 0 Å². The number of primary amides is 1. The molecular formula is C19H16N4O2. The average molecular weight is 332 g/mol. The van der Waals surface area contributed by atoms with Gasteiger partial charge in [0.15, 0.2) is 0 Å². The van der Waals surface area contributed by atoms with Gasteiger partial charge in [0.1, 0.15) is 5.75 Å². The zero-order chi connectivity index (χ0) is 17.6. The Hall–Kier alpha value is -3.50. The quantitative estimate of drug-likeness (QED) is 0.315. The zero-order valence-corrected chi connectivity index (χ0v) is 13.4. The Bertz CT molecular complexity index is 973. The number of carbonyl (C=O) groups excluding carboxylic acids is 1. The van der Waals surface area contributed by atoms with Crippen molar-refractivity contribution in [3.05, 3.63) is 76.7 Å². The summed E-state index contributed by atoms with van der Waals surface area (Å²) in [5.41, 5.74) is 15.9. The Morgan fingerprint density at radius 1 is 1.08 bits per heavy atom. The van der Waals surface area contributed by atoms with Crippen molar-refractivity contribution in [1.82, 2.24) is 0 Å². The predicted molar refractivity (Wildman–Crippen MR) is 97.4 cm³/mol. The van der Waals surface area contributed by atoms with E-state index >= 15 is 0 Å². The Kier molecular flexibility index (Phi) is 4.83. The SMILES string of the molecule is [N-]=[N+]=NCCOc1ccc(-c2cccc3ccccc23)c(C(N)=O)c1. The minimum Gasteiger partial charge on any atom is -0.493 e. The van der Waals surface area contributed by atoms with Crippen LogP contribution < -0.4 is 10.5 Å². The molecule has 1 amide bonds. The maximum Gasteiger partial charge on any atom is 0.249 e. The molecule has 0 aromatic heterocycles. The second kappa shape index (κ2) is 7.38. The Labute approximate surface area is 144 Å². The van der Waals surface area contributed by atoms with Crippen LogP contribution in [-0.2, 0) is 0 Å². The highest BCUT2D eigenvalue weighted by molar-refractivity contribution is 6.05. The number of benzene rings is 3. The lowest BCUT2D eigenvalue weighted by molar-refractivity contribution is 0.100. The van der Waals surface area contributed by atoms with Crippen molar-refractivity contribution in [3.8, 4) is 16.9 Å². The first-order valence-corrected chi connectivity index (χ1v) is 7.76. The molecule has 0 saturated heterocycles. The molecule has 3 aromatic carbocycles. The normalized spacial score (nSPS) is 10.2. The fourth-order valence-electron chi connectivity index (χ4n) is 2.76. The van der Waals surface area contributed by atoms with E-state index in [1.807, 2.05) is 48.5 Å². The molecule has 0 aliphatic rings. The standard InChI is InChI=1S/C19H16N4O2/c20-19(24)18-12-14(25-11-10-22-23-21)8-9-17(18)16-7-3-5-13-4-1-2-6-15(13)16/h1-9,12H,10-11H2,(H2,20,24). The molecule has 3 aromatic rings. The lowest BCUT2D eigenvalue weighted by Gasteiger charge is -2.12. The van der Waals surface area contributed by atoms with Gasteiger partial charge in [-0.25, -0.2) is 0 Å². The van der Waals surface area contributed by atoms with Crippen LogP contribution in [0.2, 0.25) is 0 Å². The van der Waals surface area contributed by atoms with Crippen LogP contribution in [0.3, 0.4) is 0 Å². The van der Waals surface area contributed by atoms with Crippen molar-refractivity contribution in [2.24, 2.45) is 10.8 Å². The van der Waals surface area contributed by atoms with Crippen LogP contribution in [0.5, 0.6) is 5.75 Å². The van der Waals surface area contributed by atoms with Gasteiger partial charge in [0, 0.05) is 4.91 Å². The Balaban J connectivity index is 2.03. The van der Waals surface area contributed by atoms with Gasteiger partial charge in [-0.2, -0.15) is 0 Å². The number of rotatable bonds is 6. The summed E-state index contributed by atoms with van der Waals surface area (Å²) in [4.78, 5) is 14.6. The van der Waals surface area contributed by atoms with Gasteiger partial charge in [0.2, 0.25) is 5.91 Å². The van der Waals surface area contributed by atoms with E-state index in [1.54, 1.807) is 12.1 Å². The summed E-state index contributed by atoms with van der Waals surface area (Å²) >= 11 is 0. The second-order valence-corrected chi connectivity index (χ2v) is 5.40. The van der Waals surface area contributed by atoms with Crippen molar-refractivity contribution in [2.75, 3.05) is 13.2 Å². The topological polar surface area (TPSA) is 101 Å². The Morgan fingerprint density at radius 2 is 1.88 bits per heavy atom. The van der Waals surface area contributed by atoms with Crippen molar-refractivity contribution < 1.29 is 9.53 Å². The lowest BCUT2D eigenvalue weighted by atomic mass is 9.94. The third-order valence-corrected chi connectivity index (χ3v) is 3.86. The highest BCUT2D eigenvalue weighted by Crippen LogP contribution is 2.32. The minimum atomic E-state index is -0.525. The van der Waals surface area contributed by atoms with E-state index < -0.39 is 5.91 Å². The summed E-state index contributed by atoms with van der Waals surface area (Å²) in [6.07, 6.45) is 0. The molecule has 2 N–H and O–H groups in total. The molecule has 0 saturated carbocycles. The highest BCUT2D eigenvalue weighted by atomic mass is 16.5. The molecule has 6 nitrogen and oxygen atoms in total. The molecule has 124 valence electrons. The first-order valence-electron chi connectivity index (χ1n) is 7.76. The van der Waals surface area contributed by atoms with E-state index in [-0.39, 0.29) is 13.2 Å². The summed E-state index contributed by atoms with van der Waals surface area (Å²) in [6.45, 7) is 0.448. The first kappa shape index (κ1) is 16.4. The molecule has 0 radical (unpaired) electrons. The number of hydrogen-bond acceptors (Lipinski definition) is 3. The number of fused-ring (bicyclic) bond motifs is 1. The van der Waals surface area contributed by atoms with Crippen LogP contribution in [0.1, 0.15) is 10.4 Å². The van der Waals surface area contributed by atoms with E-state index in [9.17, 15) is 4.79 Å². The monoisotopic (exact) mass is 332 g/mol. The van der Waals surface area contributed by atoms with Crippen LogP contribution in [0.25, 0.3) is 32.3 Å². The molecular weight excluding hydrogens is 316 g/mol. The van der Waals surface area contributed by atoms with Crippen molar-refractivity contribution in [3.63, 3.8) is 0 Å². The number of ether oxygens (including phenoxy) is 1. The van der Waals surface area contributed by atoms with Gasteiger partial charge in [-0.1, -0.05) is 47.6 Å². The summed E-state index contributed by atoms with van der Waals surface area (Å²) < 4.78 is 5.50. The van der Waals surface area contributed by atoms with Gasteiger partial charge < -0.3 is 10.5 Å². The lowest BCUT2D eigenvalue weighted by Crippen LogP contribution is -2.13. The zero-order valence-electron chi connectivity index (χ0n) is 13.4. The van der Waals surface area contributed by atoms with Gasteiger partial charge in [0.05, 0.1) is 18.7 Å². The minimum absolute atomic E-state index is 0.216. The summed E-state index contributed by atoms with van der Waals surface area (Å²) in [5, 5.41) is 5.54. The number of amides is 1. The van der Waals surface area contributed by atoms with E-state index in [0.717, 1.165) is 21.9 Å². The molecule has 0 aliphatic carbocycles. The maximum absolute atomic E-state index is 12.0. The van der Waals surface area contributed by atoms with Crippen LogP contribution in [-0.4, -0.2) is 19.1 Å². The van der Waals surface area contributed by atoms with Crippen LogP contribution in [0, 0.1) is 0 Å². The summed E-state index contributed by atoms with van der Waals surface area (Å²) in [7, 11) is 0. The van der Waals surface area contributed by atoms with Crippen molar-refractivity contribution in [1.29, 1.82) is 0 Å². The van der Waals surface area contributed by atoms with Crippen molar-refractivity contribution >= 4 is 16.7 Å². The molecule has 0 unspecified atom stereocenters. The third-order valence-electron chi connectivity index (χ3n) is 3.86. The predicted octanol–water partition coefficient (Wildman–Crippen LogP) is 4.29. The molecule has 0 fully saturated rings. The summed E-state index contributed by atoms with van der Waals surface area (Å²) in [6, 6.07) is 19.1. The fraction of sp³-hybridized carbons (Fsp3) is 0.105. The first-order chi connectivity index (χ1) is 12.2. The van der Waals surface area contributed by atoms with Gasteiger partial charge >= 0.3 is 0 Å². The number of carbonyl (C=O) groups is 1. The van der Waals surface area contributed by atoms with Crippen LogP contribution >= 0.6 is 0 Å². The van der Waals surface area contributed by atoms with Crippen molar-refractivity contribution in [2.45, 2.75) is 0 Å². The molecule has 25 heavy (non-hydrogen) atoms. The van der Waals surface area contributed by atoms with Gasteiger partial charge in [0.25, 0.3) is 0 Å². The highest BCUT2D eigenvalue weighted by Gasteiger charge is 2.13. The largest absolute Gasteiger partial charge is 0.493 e. The van der Waals surface area contributed by atoms with Gasteiger partial charge in [-0.3, -0.25) is 4.79 Å². The summed E-state index contributed by atoms with van der Waals surface area (Å²) in [5.74, 6) is -0.0191. The molecule has 0 aliphatic heterocycles. The second-order valence-electron chi connectivity index (χ2n) is 5.40. The van der Waals surface area contributed by atoms with E-state index in [2.05, 4.69) is 10.0 Å². The number of nitrogens with zero attached hydrogens (tertiary/aromatic N) is 3. The Morgan fingerprint density at radius 3 is 2.68 bits per heavy atom. The van der Waals surface area contributed by atoms with Gasteiger partial charge in [-0.15, -0.1) is 0 Å². The fourth-order valence-corrected chi connectivity index (χ4v) is 2.76.